The van der Waals surface area contributed by atoms with Crippen LogP contribution in [-0.4, -0.2) is 29.3 Å². The Labute approximate surface area is 127 Å². The Hall–Kier alpha value is -2.82. The van der Waals surface area contributed by atoms with Gasteiger partial charge in [-0.15, -0.1) is 0 Å². The highest BCUT2D eigenvalue weighted by molar-refractivity contribution is 5.98. The summed E-state index contributed by atoms with van der Waals surface area (Å²) in [6.07, 6.45) is 0.300. The predicted octanol–water partition coefficient (Wildman–Crippen LogP) is 2.53. The molecule has 1 N–H and O–H groups in total. The normalized spacial score (nSPS) is 13.7. The van der Waals surface area contributed by atoms with E-state index in [9.17, 15) is 4.79 Å². The van der Waals surface area contributed by atoms with E-state index in [4.69, 9.17) is 4.74 Å². The van der Waals surface area contributed by atoms with Crippen molar-refractivity contribution in [1.29, 1.82) is 0 Å². The van der Waals surface area contributed by atoms with Crippen LogP contribution in [0.3, 0.4) is 0 Å². The van der Waals surface area contributed by atoms with Gasteiger partial charge in [-0.1, -0.05) is 30.3 Å². The number of hydrogen-bond donors (Lipinski definition) is 1. The van der Waals surface area contributed by atoms with Crippen molar-refractivity contribution in [3.8, 4) is 5.75 Å². The third kappa shape index (κ3) is 2.11. The fourth-order valence-corrected chi connectivity index (χ4v) is 2.82. The van der Waals surface area contributed by atoms with Crippen LogP contribution in [0.15, 0.2) is 48.5 Å². The summed E-state index contributed by atoms with van der Waals surface area (Å²) < 4.78 is 5.60. The second-order valence-corrected chi connectivity index (χ2v) is 5.26. The number of ether oxygens (including phenoxy) is 1. The zero-order valence-electron chi connectivity index (χ0n) is 12.0. The highest BCUT2D eigenvalue weighted by Gasteiger charge is 2.24. The van der Waals surface area contributed by atoms with Crippen molar-refractivity contribution in [2.45, 2.75) is 6.42 Å². The third-order valence-electron chi connectivity index (χ3n) is 3.90. The first-order valence-electron chi connectivity index (χ1n) is 7.27. The van der Waals surface area contributed by atoms with Gasteiger partial charge in [-0.2, -0.15) is 5.10 Å². The van der Waals surface area contributed by atoms with Crippen molar-refractivity contribution >= 4 is 22.5 Å². The molecule has 0 radical (unpaired) electrons. The average molecular weight is 293 g/mol. The van der Waals surface area contributed by atoms with E-state index >= 15 is 0 Å². The molecule has 2 aromatic carbocycles. The van der Waals surface area contributed by atoms with Gasteiger partial charge >= 0.3 is 0 Å². The summed E-state index contributed by atoms with van der Waals surface area (Å²) in [4.78, 5) is 14.5. The number of benzene rings is 2. The minimum Gasteiger partial charge on any atom is -0.490 e. The number of nitrogens with zero attached hydrogens (tertiary/aromatic N) is 2. The zero-order chi connectivity index (χ0) is 14.9. The number of aromatic amines is 1. The minimum absolute atomic E-state index is 0.0464. The molecular formula is C17H15N3O2. The molecule has 0 unspecified atom stereocenters. The number of hydrogen-bond acceptors (Lipinski definition) is 3. The van der Waals surface area contributed by atoms with Gasteiger partial charge in [0, 0.05) is 5.39 Å². The molecule has 0 atom stereocenters. The monoisotopic (exact) mass is 293 g/mol. The van der Waals surface area contributed by atoms with Gasteiger partial charge in [0.15, 0.2) is 0 Å². The largest absolute Gasteiger partial charge is 0.490 e. The first-order valence-corrected chi connectivity index (χ1v) is 7.27. The molecule has 1 aliphatic heterocycles. The standard InChI is InChI=1S/C17H15N3O2/c21-17(11-14-12-5-1-2-6-13(12)18-19-14)20-9-10-22-16-8-4-3-7-15(16)20/h1-8H,9-11H2,(H,18,19). The molecule has 1 aliphatic rings. The van der Waals surface area contributed by atoms with Gasteiger partial charge in [-0.25, -0.2) is 0 Å². The molecule has 3 aromatic rings. The molecule has 0 spiro atoms. The Balaban J connectivity index is 1.63. The summed E-state index contributed by atoms with van der Waals surface area (Å²) in [6.45, 7) is 1.09. The molecule has 0 saturated heterocycles. The quantitative estimate of drug-likeness (QED) is 0.790. The summed E-state index contributed by atoms with van der Waals surface area (Å²) in [6, 6.07) is 15.4. The van der Waals surface area contributed by atoms with Crippen molar-refractivity contribution in [3.05, 3.63) is 54.2 Å². The molecule has 0 fully saturated rings. The van der Waals surface area contributed by atoms with Crippen LogP contribution in [0.5, 0.6) is 5.75 Å². The zero-order valence-corrected chi connectivity index (χ0v) is 12.0. The van der Waals surface area contributed by atoms with Crippen LogP contribution in [0.2, 0.25) is 0 Å². The Morgan fingerprint density at radius 1 is 1.18 bits per heavy atom. The first kappa shape index (κ1) is 12.9. The van der Waals surface area contributed by atoms with E-state index in [1.54, 1.807) is 4.90 Å². The number of carbonyl (C=O) groups is 1. The third-order valence-corrected chi connectivity index (χ3v) is 3.90. The fourth-order valence-electron chi connectivity index (χ4n) is 2.82. The molecule has 0 saturated carbocycles. The van der Waals surface area contributed by atoms with Crippen molar-refractivity contribution < 1.29 is 9.53 Å². The number of H-pyrrole nitrogens is 1. The predicted molar refractivity (Wildman–Crippen MR) is 84.1 cm³/mol. The molecular weight excluding hydrogens is 278 g/mol. The maximum atomic E-state index is 12.7. The molecule has 5 heteroatoms. The van der Waals surface area contributed by atoms with Crippen LogP contribution in [-0.2, 0) is 11.2 Å². The molecule has 2 heterocycles. The van der Waals surface area contributed by atoms with E-state index in [1.165, 1.54) is 0 Å². The van der Waals surface area contributed by atoms with Gasteiger partial charge in [-0.05, 0) is 18.2 Å². The van der Waals surface area contributed by atoms with Crippen LogP contribution in [0.4, 0.5) is 5.69 Å². The number of carbonyl (C=O) groups excluding carboxylic acids is 1. The van der Waals surface area contributed by atoms with Gasteiger partial charge in [0.25, 0.3) is 0 Å². The van der Waals surface area contributed by atoms with E-state index in [1.807, 2.05) is 48.5 Å². The molecule has 22 heavy (non-hydrogen) atoms. The molecule has 1 amide bonds. The van der Waals surface area contributed by atoms with E-state index < -0.39 is 0 Å². The maximum Gasteiger partial charge on any atom is 0.233 e. The van der Waals surface area contributed by atoms with Gasteiger partial charge in [0.05, 0.1) is 29.9 Å². The molecule has 0 aliphatic carbocycles. The summed E-state index contributed by atoms with van der Waals surface area (Å²) in [7, 11) is 0. The summed E-state index contributed by atoms with van der Waals surface area (Å²) in [5.41, 5.74) is 2.57. The van der Waals surface area contributed by atoms with Crippen LogP contribution in [0.25, 0.3) is 10.9 Å². The molecule has 1 aromatic heterocycles. The van der Waals surface area contributed by atoms with E-state index in [-0.39, 0.29) is 5.91 Å². The lowest BCUT2D eigenvalue weighted by Crippen LogP contribution is -2.38. The number of amides is 1. The lowest BCUT2D eigenvalue weighted by atomic mass is 10.1. The number of anilines is 1. The Bertz CT molecular complexity index is 841. The summed E-state index contributed by atoms with van der Waals surface area (Å²) >= 11 is 0. The fraction of sp³-hybridized carbons (Fsp3) is 0.176. The van der Waals surface area contributed by atoms with Crippen molar-refractivity contribution in [3.63, 3.8) is 0 Å². The maximum absolute atomic E-state index is 12.7. The molecule has 4 rings (SSSR count). The highest BCUT2D eigenvalue weighted by atomic mass is 16.5. The second-order valence-electron chi connectivity index (χ2n) is 5.26. The molecule has 0 bridgehead atoms. The van der Waals surface area contributed by atoms with Crippen molar-refractivity contribution in [2.75, 3.05) is 18.1 Å². The lowest BCUT2D eigenvalue weighted by Gasteiger charge is -2.29. The average Bonchev–Trinajstić information content (AvgIpc) is 2.97. The summed E-state index contributed by atoms with van der Waals surface area (Å²) in [5.74, 6) is 0.807. The van der Waals surface area contributed by atoms with Crippen LogP contribution < -0.4 is 9.64 Å². The van der Waals surface area contributed by atoms with Crippen LogP contribution in [0, 0.1) is 0 Å². The summed E-state index contributed by atoms with van der Waals surface area (Å²) in [5, 5.41) is 8.22. The Kier molecular flexibility index (Phi) is 3.04. The minimum atomic E-state index is 0.0464. The topological polar surface area (TPSA) is 58.2 Å². The second kappa shape index (κ2) is 5.18. The lowest BCUT2D eigenvalue weighted by molar-refractivity contribution is -0.118. The van der Waals surface area contributed by atoms with Crippen LogP contribution in [0.1, 0.15) is 5.69 Å². The first-order chi connectivity index (χ1) is 10.8. The number of fused-ring (bicyclic) bond motifs is 2. The van der Waals surface area contributed by atoms with Crippen LogP contribution >= 0.6 is 0 Å². The van der Waals surface area contributed by atoms with E-state index in [2.05, 4.69) is 10.2 Å². The highest BCUT2D eigenvalue weighted by Crippen LogP contribution is 2.31. The van der Waals surface area contributed by atoms with Gasteiger partial charge in [-0.3, -0.25) is 9.89 Å². The Morgan fingerprint density at radius 2 is 2.00 bits per heavy atom. The number of para-hydroxylation sites is 3. The van der Waals surface area contributed by atoms with Gasteiger partial charge in [0.1, 0.15) is 12.4 Å². The van der Waals surface area contributed by atoms with Crippen molar-refractivity contribution in [1.82, 2.24) is 10.2 Å². The smallest absolute Gasteiger partial charge is 0.233 e. The SMILES string of the molecule is O=C(Cc1[nH]nc2ccccc12)N1CCOc2ccccc21. The number of aromatic nitrogens is 2. The molecule has 5 nitrogen and oxygen atoms in total. The van der Waals surface area contributed by atoms with E-state index in [0.29, 0.717) is 19.6 Å². The van der Waals surface area contributed by atoms with Gasteiger partial charge < -0.3 is 9.64 Å². The molecule has 110 valence electrons. The van der Waals surface area contributed by atoms with Crippen molar-refractivity contribution in [2.24, 2.45) is 0 Å². The Morgan fingerprint density at radius 3 is 2.95 bits per heavy atom. The number of rotatable bonds is 2. The van der Waals surface area contributed by atoms with Gasteiger partial charge in [0.2, 0.25) is 5.91 Å². The number of nitrogens with one attached hydrogen (secondary N) is 1. The van der Waals surface area contributed by atoms with E-state index in [0.717, 1.165) is 28.0 Å².